The summed E-state index contributed by atoms with van der Waals surface area (Å²) in [5, 5.41) is 6.61. The molecule has 0 aromatic carbocycles. The first-order chi connectivity index (χ1) is 10.3. The fourth-order valence-electron chi connectivity index (χ4n) is 2.69. The minimum atomic E-state index is 0.442. The molecular formula is C14H21N7. The summed E-state index contributed by atoms with van der Waals surface area (Å²) < 4.78 is 1.78. The van der Waals surface area contributed by atoms with Crippen LogP contribution in [0.2, 0.25) is 0 Å². The van der Waals surface area contributed by atoms with Crippen molar-refractivity contribution in [3.63, 3.8) is 0 Å². The first-order valence-electron chi connectivity index (χ1n) is 7.51. The summed E-state index contributed by atoms with van der Waals surface area (Å²) in [5.41, 5.74) is 0. The molecule has 1 saturated carbocycles. The average molecular weight is 287 g/mol. The van der Waals surface area contributed by atoms with Crippen molar-refractivity contribution in [1.29, 1.82) is 0 Å². The van der Waals surface area contributed by atoms with E-state index in [0.29, 0.717) is 29.8 Å². The zero-order valence-corrected chi connectivity index (χ0v) is 12.5. The number of anilines is 2. The summed E-state index contributed by atoms with van der Waals surface area (Å²) in [6, 6.07) is 0.442. The Bertz CT molecular complexity index is 581. The maximum atomic E-state index is 4.51. The van der Waals surface area contributed by atoms with Crippen LogP contribution in [-0.2, 0) is 0 Å². The van der Waals surface area contributed by atoms with Gasteiger partial charge in [0.15, 0.2) is 0 Å². The van der Waals surface area contributed by atoms with Crippen LogP contribution in [0.25, 0.3) is 5.95 Å². The summed E-state index contributed by atoms with van der Waals surface area (Å²) in [6.45, 7) is 5.06. The number of nitrogens with zero attached hydrogens (tertiary/aromatic N) is 5. The number of hydrogen-bond donors (Lipinski definition) is 2. The Morgan fingerprint density at radius 1 is 1.24 bits per heavy atom. The van der Waals surface area contributed by atoms with Gasteiger partial charge in [-0.05, 0) is 25.7 Å². The minimum absolute atomic E-state index is 0.442. The van der Waals surface area contributed by atoms with Crippen molar-refractivity contribution < 1.29 is 0 Å². The lowest BCUT2D eigenvalue weighted by atomic mass is 10.1. The van der Waals surface area contributed by atoms with E-state index in [4.69, 9.17) is 0 Å². The van der Waals surface area contributed by atoms with E-state index in [-0.39, 0.29) is 0 Å². The standard InChI is InChI=1S/C14H21N7/c1-3-16-12-18-13(17-11-6-4-5-10(11)2)20-14(19-12)21-8-7-15-9-21/h7-11H,3-6H2,1-2H3,(H2,16,17,18,19,20). The van der Waals surface area contributed by atoms with Crippen molar-refractivity contribution in [3.05, 3.63) is 18.7 Å². The predicted molar refractivity (Wildman–Crippen MR) is 81.5 cm³/mol. The van der Waals surface area contributed by atoms with E-state index < -0.39 is 0 Å². The van der Waals surface area contributed by atoms with Crippen LogP contribution in [0.5, 0.6) is 0 Å². The Labute approximate surface area is 124 Å². The highest BCUT2D eigenvalue weighted by molar-refractivity contribution is 5.38. The highest BCUT2D eigenvalue weighted by Gasteiger charge is 2.24. The summed E-state index contributed by atoms with van der Waals surface area (Å²) in [4.78, 5) is 17.4. The molecule has 2 heterocycles. The van der Waals surface area contributed by atoms with E-state index in [2.05, 4.69) is 37.5 Å². The Morgan fingerprint density at radius 3 is 2.76 bits per heavy atom. The van der Waals surface area contributed by atoms with Crippen molar-refractivity contribution in [2.45, 2.75) is 39.2 Å². The number of imidazole rings is 1. The van der Waals surface area contributed by atoms with Crippen LogP contribution in [-0.4, -0.2) is 37.1 Å². The van der Waals surface area contributed by atoms with Gasteiger partial charge >= 0.3 is 0 Å². The third kappa shape index (κ3) is 3.12. The van der Waals surface area contributed by atoms with Gasteiger partial charge in [0.2, 0.25) is 17.8 Å². The first kappa shape index (κ1) is 13.8. The third-order valence-corrected chi connectivity index (χ3v) is 3.87. The maximum Gasteiger partial charge on any atom is 0.241 e. The Morgan fingerprint density at radius 2 is 2.10 bits per heavy atom. The lowest BCUT2D eigenvalue weighted by Crippen LogP contribution is -2.24. The molecule has 2 unspecified atom stereocenters. The van der Waals surface area contributed by atoms with Crippen molar-refractivity contribution in [2.75, 3.05) is 17.2 Å². The summed E-state index contributed by atoms with van der Waals surface area (Å²) in [7, 11) is 0. The number of hydrogen-bond acceptors (Lipinski definition) is 6. The lowest BCUT2D eigenvalue weighted by Gasteiger charge is -2.18. The topological polar surface area (TPSA) is 80.5 Å². The van der Waals surface area contributed by atoms with Crippen molar-refractivity contribution in [3.8, 4) is 5.95 Å². The van der Waals surface area contributed by atoms with Crippen molar-refractivity contribution in [1.82, 2.24) is 24.5 Å². The molecule has 2 aromatic rings. The Balaban J connectivity index is 1.88. The van der Waals surface area contributed by atoms with Gasteiger partial charge in [-0.3, -0.25) is 4.57 Å². The molecule has 3 rings (SSSR count). The monoisotopic (exact) mass is 287 g/mol. The summed E-state index contributed by atoms with van der Waals surface area (Å²) in [6.07, 6.45) is 8.92. The van der Waals surface area contributed by atoms with Gasteiger partial charge in [-0.2, -0.15) is 15.0 Å². The SMILES string of the molecule is CCNc1nc(NC2CCCC2C)nc(-n2ccnc2)n1. The molecule has 1 aliphatic carbocycles. The highest BCUT2D eigenvalue weighted by atomic mass is 15.3. The molecular weight excluding hydrogens is 266 g/mol. The molecule has 0 aliphatic heterocycles. The second-order valence-corrected chi connectivity index (χ2v) is 5.44. The predicted octanol–water partition coefficient (Wildman–Crippen LogP) is 2.09. The van der Waals surface area contributed by atoms with E-state index in [1.54, 1.807) is 17.1 Å². The van der Waals surface area contributed by atoms with Crippen LogP contribution >= 0.6 is 0 Å². The molecule has 0 bridgehead atoms. The summed E-state index contributed by atoms with van der Waals surface area (Å²) in [5.74, 6) is 2.44. The van der Waals surface area contributed by atoms with E-state index in [1.807, 2.05) is 13.1 Å². The normalized spacial score (nSPS) is 21.4. The third-order valence-electron chi connectivity index (χ3n) is 3.87. The molecule has 2 N–H and O–H groups in total. The van der Waals surface area contributed by atoms with E-state index >= 15 is 0 Å². The lowest BCUT2D eigenvalue weighted by molar-refractivity contribution is 0.552. The minimum Gasteiger partial charge on any atom is -0.354 e. The van der Waals surface area contributed by atoms with Gasteiger partial charge in [0.25, 0.3) is 0 Å². The largest absolute Gasteiger partial charge is 0.354 e. The molecule has 0 radical (unpaired) electrons. The molecule has 0 amide bonds. The number of aromatic nitrogens is 5. The van der Waals surface area contributed by atoms with Crippen LogP contribution in [0.3, 0.4) is 0 Å². The smallest absolute Gasteiger partial charge is 0.241 e. The van der Waals surface area contributed by atoms with Crippen LogP contribution < -0.4 is 10.6 Å². The van der Waals surface area contributed by atoms with Crippen LogP contribution in [0, 0.1) is 5.92 Å². The molecule has 1 fully saturated rings. The van der Waals surface area contributed by atoms with Gasteiger partial charge in [0, 0.05) is 25.0 Å². The van der Waals surface area contributed by atoms with Gasteiger partial charge < -0.3 is 10.6 Å². The fraction of sp³-hybridized carbons (Fsp3) is 0.571. The average Bonchev–Trinajstić information content (AvgIpc) is 3.12. The molecule has 7 nitrogen and oxygen atoms in total. The Kier molecular flexibility index (Phi) is 3.98. The molecule has 7 heteroatoms. The molecule has 2 aromatic heterocycles. The van der Waals surface area contributed by atoms with Crippen molar-refractivity contribution >= 4 is 11.9 Å². The zero-order valence-electron chi connectivity index (χ0n) is 12.5. The highest BCUT2D eigenvalue weighted by Crippen LogP contribution is 2.27. The number of nitrogens with one attached hydrogen (secondary N) is 2. The summed E-state index contributed by atoms with van der Waals surface area (Å²) >= 11 is 0. The second kappa shape index (κ2) is 6.07. The van der Waals surface area contributed by atoms with E-state index in [0.717, 1.165) is 6.54 Å². The fourth-order valence-corrected chi connectivity index (χ4v) is 2.69. The molecule has 0 saturated heterocycles. The zero-order chi connectivity index (χ0) is 14.7. The van der Waals surface area contributed by atoms with Gasteiger partial charge in [0.1, 0.15) is 6.33 Å². The second-order valence-electron chi connectivity index (χ2n) is 5.44. The molecule has 1 aliphatic rings. The van der Waals surface area contributed by atoms with Crippen LogP contribution in [0.4, 0.5) is 11.9 Å². The molecule has 21 heavy (non-hydrogen) atoms. The Hall–Kier alpha value is -2.18. The van der Waals surface area contributed by atoms with Gasteiger partial charge in [-0.15, -0.1) is 0 Å². The van der Waals surface area contributed by atoms with E-state index in [9.17, 15) is 0 Å². The first-order valence-corrected chi connectivity index (χ1v) is 7.51. The number of rotatable bonds is 5. The maximum absolute atomic E-state index is 4.51. The van der Waals surface area contributed by atoms with Gasteiger partial charge in [-0.1, -0.05) is 13.3 Å². The van der Waals surface area contributed by atoms with Crippen LogP contribution in [0.15, 0.2) is 18.7 Å². The molecule has 112 valence electrons. The van der Waals surface area contributed by atoms with Crippen LogP contribution in [0.1, 0.15) is 33.1 Å². The van der Waals surface area contributed by atoms with Crippen molar-refractivity contribution in [2.24, 2.45) is 5.92 Å². The molecule has 0 spiro atoms. The van der Waals surface area contributed by atoms with E-state index in [1.165, 1.54) is 19.3 Å². The van der Waals surface area contributed by atoms with Gasteiger partial charge in [-0.25, -0.2) is 4.98 Å². The quantitative estimate of drug-likeness (QED) is 0.876. The van der Waals surface area contributed by atoms with Gasteiger partial charge in [0.05, 0.1) is 0 Å². The molecule has 2 atom stereocenters.